The second kappa shape index (κ2) is 8.74. The van der Waals surface area contributed by atoms with Gasteiger partial charge in [0.25, 0.3) is 0 Å². The maximum absolute atomic E-state index is 12.6. The zero-order valence-corrected chi connectivity index (χ0v) is 17.3. The monoisotopic (exact) mass is 392 g/mol. The molecule has 5 nitrogen and oxygen atoms in total. The number of anilines is 1. The summed E-state index contributed by atoms with van der Waals surface area (Å²) in [7, 11) is -3.26. The van der Waals surface area contributed by atoms with E-state index in [0.29, 0.717) is 6.42 Å². The number of rotatable bonds is 7. The molecule has 0 bridgehead atoms. The van der Waals surface area contributed by atoms with Crippen molar-refractivity contribution in [1.29, 1.82) is 0 Å². The number of hydrogen-bond donors (Lipinski definition) is 2. The molecule has 2 aliphatic rings. The molecule has 0 spiro atoms. The summed E-state index contributed by atoms with van der Waals surface area (Å²) in [6.45, 7) is 3.76. The van der Waals surface area contributed by atoms with E-state index in [4.69, 9.17) is 0 Å². The van der Waals surface area contributed by atoms with Crippen LogP contribution in [0.2, 0.25) is 0 Å². The minimum Gasteiger partial charge on any atom is -0.326 e. The first kappa shape index (κ1) is 20.3. The van der Waals surface area contributed by atoms with Crippen LogP contribution in [0.4, 0.5) is 5.69 Å². The first-order chi connectivity index (χ1) is 12.9. The molecule has 150 valence electrons. The van der Waals surface area contributed by atoms with Crippen LogP contribution in [-0.2, 0) is 27.7 Å². The zero-order valence-electron chi connectivity index (χ0n) is 16.5. The van der Waals surface area contributed by atoms with Crippen molar-refractivity contribution in [2.45, 2.75) is 82.9 Å². The highest BCUT2D eigenvalue weighted by Gasteiger charge is 2.30. The highest BCUT2D eigenvalue weighted by molar-refractivity contribution is 7.90. The predicted molar refractivity (Wildman–Crippen MR) is 109 cm³/mol. The third kappa shape index (κ3) is 5.11. The first-order valence-electron chi connectivity index (χ1n) is 10.3. The Balaban J connectivity index is 1.49. The van der Waals surface area contributed by atoms with Crippen LogP contribution in [-0.4, -0.2) is 25.6 Å². The standard InChI is InChI=1S/C21H32N2O3S/c1-3-5-15(2)27(25,26)23-19-11-9-17(10-12-19)21(24)22-20-13-8-16-6-4-7-18(16)14-20/h8,13-15,17,19,23H,3-7,9-12H2,1-2H3,(H,22,24). The van der Waals surface area contributed by atoms with Gasteiger partial charge < -0.3 is 5.32 Å². The van der Waals surface area contributed by atoms with E-state index in [0.717, 1.165) is 50.6 Å². The molecule has 0 heterocycles. The van der Waals surface area contributed by atoms with Crippen molar-refractivity contribution in [1.82, 2.24) is 4.72 Å². The van der Waals surface area contributed by atoms with Crippen LogP contribution in [0.15, 0.2) is 18.2 Å². The van der Waals surface area contributed by atoms with Crippen molar-refractivity contribution in [3.05, 3.63) is 29.3 Å². The topological polar surface area (TPSA) is 75.3 Å². The lowest BCUT2D eigenvalue weighted by molar-refractivity contribution is -0.120. The molecule has 2 N–H and O–H groups in total. The maximum Gasteiger partial charge on any atom is 0.227 e. The van der Waals surface area contributed by atoms with E-state index in [1.54, 1.807) is 6.92 Å². The largest absolute Gasteiger partial charge is 0.326 e. The fourth-order valence-corrected chi connectivity index (χ4v) is 5.76. The Labute approximate surface area is 163 Å². The Morgan fingerprint density at radius 3 is 2.56 bits per heavy atom. The smallest absolute Gasteiger partial charge is 0.227 e. The molecule has 0 radical (unpaired) electrons. The maximum atomic E-state index is 12.6. The SMILES string of the molecule is CCCC(C)S(=O)(=O)NC1CCC(C(=O)Nc2ccc3c(c2)CCC3)CC1. The molecule has 1 saturated carbocycles. The van der Waals surface area contributed by atoms with Gasteiger partial charge in [-0.3, -0.25) is 4.79 Å². The number of amides is 1. The molecule has 0 aromatic heterocycles. The molecule has 6 heteroatoms. The van der Waals surface area contributed by atoms with Gasteiger partial charge in [0.2, 0.25) is 15.9 Å². The molecule has 1 atom stereocenters. The molecule has 1 fully saturated rings. The average Bonchev–Trinajstić information content (AvgIpc) is 3.10. The molecule has 0 saturated heterocycles. The van der Waals surface area contributed by atoms with E-state index in [2.05, 4.69) is 22.2 Å². The molecule has 27 heavy (non-hydrogen) atoms. The van der Waals surface area contributed by atoms with Crippen LogP contribution >= 0.6 is 0 Å². The molecule has 1 aromatic rings. The molecule has 1 aromatic carbocycles. The van der Waals surface area contributed by atoms with Gasteiger partial charge in [-0.05, 0) is 81.5 Å². The molecular formula is C21H32N2O3S. The lowest BCUT2D eigenvalue weighted by Gasteiger charge is -2.29. The van der Waals surface area contributed by atoms with E-state index in [1.165, 1.54) is 17.5 Å². The first-order valence-corrected chi connectivity index (χ1v) is 11.9. The second-order valence-corrected chi connectivity index (χ2v) is 10.3. The van der Waals surface area contributed by atoms with Crippen molar-refractivity contribution in [2.24, 2.45) is 5.92 Å². The van der Waals surface area contributed by atoms with E-state index in [9.17, 15) is 13.2 Å². The van der Waals surface area contributed by atoms with Crippen LogP contribution < -0.4 is 10.0 Å². The minimum atomic E-state index is -3.26. The Morgan fingerprint density at radius 1 is 1.15 bits per heavy atom. The summed E-state index contributed by atoms with van der Waals surface area (Å²) < 4.78 is 27.6. The van der Waals surface area contributed by atoms with Gasteiger partial charge in [0.05, 0.1) is 5.25 Å². The summed E-state index contributed by atoms with van der Waals surface area (Å²) >= 11 is 0. The van der Waals surface area contributed by atoms with Gasteiger partial charge >= 0.3 is 0 Å². The van der Waals surface area contributed by atoms with E-state index in [1.807, 2.05) is 13.0 Å². The summed E-state index contributed by atoms with van der Waals surface area (Å²) in [6, 6.07) is 6.19. The number of nitrogens with one attached hydrogen (secondary N) is 2. The number of benzene rings is 1. The quantitative estimate of drug-likeness (QED) is 0.741. The average molecular weight is 393 g/mol. The van der Waals surface area contributed by atoms with Gasteiger partial charge in [-0.1, -0.05) is 19.4 Å². The normalized spacial score (nSPS) is 23.6. The second-order valence-electron chi connectivity index (χ2n) is 8.14. The zero-order chi connectivity index (χ0) is 19.4. The summed E-state index contributed by atoms with van der Waals surface area (Å²) in [6.07, 6.45) is 7.87. The minimum absolute atomic E-state index is 0.0351. The fraction of sp³-hybridized carbons (Fsp3) is 0.667. The van der Waals surface area contributed by atoms with Gasteiger partial charge in [0.1, 0.15) is 0 Å². The Hall–Kier alpha value is -1.40. The summed E-state index contributed by atoms with van der Waals surface area (Å²) in [5, 5.41) is 2.70. The summed E-state index contributed by atoms with van der Waals surface area (Å²) in [5.74, 6) is 0.0284. The Morgan fingerprint density at radius 2 is 1.85 bits per heavy atom. The van der Waals surface area contributed by atoms with Crippen LogP contribution in [0.3, 0.4) is 0 Å². The summed E-state index contributed by atoms with van der Waals surface area (Å²) in [4.78, 5) is 12.6. The highest BCUT2D eigenvalue weighted by Crippen LogP contribution is 2.28. The van der Waals surface area contributed by atoms with Crippen LogP contribution in [0.25, 0.3) is 0 Å². The third-order valence-electron chi connectivity index (χ3n) is 6.02. The van der Waals surface area contributed by atoms with Gasteiger partial charge in [-0.25, -0.2) is 13.1 Å². The Kier molecular flexibility index (Phi) is 6.58. The predicted octanol–water partition coefficient (Wildman–Crippen LogP) is 3.78. The van der Waals surface area contributed by atoms with Crippen molar-refractivity contribution >= 4 is 21.6 Å². The molecule has 1 unspecified atom stereocenters. The number of aryl methyl sites for hydroxylation is 2. The van der Waals surface area contributed by atoms with Crippen molar-refractivity contribution in [2.75, 3.05) is 5.32 Å². The van der Waals surface area contributed by atoms with Crippen molar-refractivity contribution in [3.63, 3.8) is 0 Å². The number of sulfonamides is 1. The number of carbonyl (C=O) groups is 1. The van der Waals surface area contributed by atoms with Gasteiger partial charge in [-0.2, -0.15) is 0 Å². The van der Waals surface area contributed by atoms with Gasteiger partial charge in [0.15, 0.2) is 0 Å². The number of fused-ring (bicyclic) bond motifs is 1. The molecule has 0 aliphatic heterocycles. The molecule has 2 aliphatic carbocycles. The third-order valence-corrected chi connectivity index (χ3v) is 7.98. The van der Waals surface area contributed by atoms with Crippen LogP contribution in [0, 0.1) is 5.92 Å². The molecule has 3 rings (SSSR count). The van der Waals surface area contributed by atoms with E-state index >= 15 is 0 Å². The fourth-order valence-electron chi connectivity index (χ4n) is 4.28. The van der Waals surface area contributed by atoms with Crippen LogP contribution in [0.1, 0.15) is 69.9 Å². The highest BCUT2D eigenvalue weighted by atomic mass is 32.2. The van der Waals surface area contributed by atoms with Crippen molar-refractivity contribution in [3.8, 4) is 0 Å². The van der Waals surface area contributed by atoms with E-state index in [-0.39, 0.29) is 23.1 Å². The number of hydrogen-bond acceptors (Lipinski definition) is 3. The molecular weight excluding hydrogens is 360 g/mol. The summed E-state index contributed by atoms with van der Waals surface area (Å²) in [5.41, 5.74) is 3.64. The lowest BCUT2D eigenvalue weighted by atomic mass is 9.86. The Bertz CT molecular complexity index is 768. The number of carbonyl (C=O) groups excluding carboxylic acids is 1. The molecule has 1 amide bonds. The van der Waals surface area contributed by atoms with Crippen molar-refractivity contribution < 1.29 is 13.2 Å². The van der Waals surface area contributed by atoms with Crippen LogP contribution in [0.5, 0.6) is 0 Å². The van der Waals surface area contributed by atoms with Gasteiger partial charge in [0, 0.05) is 17.6 Å². The van der Waals surface area contributed by atoms with E-state index < -0.39 is 10.0 Å². The van der Waals surface area contributed by atoms with Gasteiger partial charge in [-0.15, -0.1) is 0 Å². The lowest BCUT2D eigenvalue weighted by Crippen LogP contribution is -2.42.